The summed E-state index contributed by atoms with van der Waals surface area (Å²) in [5.41, 5.74) is 1.81. The van der Waals surface area contributed by atoms with Gasteiger partial charge in [-0.25, -0.2) is 4.98 Å². The standard InChI is InChI=1S/C21H26N4O3S/c1-3-24-10-9-15-18(13-24)29-21(22-15)23-20(27)14-11-19(26)25(12-14)16-7-5-6-8-17(16)28-4-2/h5-8,14H,3-4,9-13H2,1-2H3,(H,22,23,27). The maximum Gasteiger partial charge on any atom is 0.231 e. The van der Waals surface area contributed by atoms with E-state index in [1.807, 2.05) is 31.2 Å². The number of para-hydroxylation sites is 2. The molecule has 2 aromatic rings. The third-order valence-electron chi connectivity index (χ3n) is 5.44. The van der Waals surface area contributed by atoms with Crippen molar-refractivity contribution in [3.8, 4) is 5.75 Å². The molecule has 29 heavy (non-hydrogen) atoms. The minimum Gasteiger partial charge on any atom is -0.492 e. The van der Waals surface area contributed by atoms with Gasteiger partial charge in [-0.1, -0.05) is 19.1 Å². The van der Waals surface area contributed by atoms with Crippen LogP contribution in [0.4, 0.5) is 10.8 Å². The van der Waals surface area contributed by atoms with Crippen molar-refractivity contribution >= 4 is 34.0 Å². The maximum absolute atomic E-state index is 12.8. The molecule has 0 spiro atoms. The first-order valence-corrected chi connectivity index (χ1v) is 10.9. The highest BCUT2D eigenvalue weighted by Crippen LogP contribution is 2.34. The van der Waals surface area contributed by atoms with Crippen molar-refractivity contribution < 1.29 is 14.3 Å². The fourth-order valence-corrected chi connectivity index (χ4v) is 4.91. The van der Waals surface area contributed by atoms with Crippen LogP contribution in [-0.4, -0.2) is 47.9 Å². The van der Waals surface area contributed by atoms with Crippen LogP contribution in [0, 0.1) is 5.92 Å². The number of hydrogen-bond donors (Lipinski definition) is 1. The number of carbonyl (C=O) groups excluding carboxylic acids is 2. The first-order chi connectivity index (χ1) is 14.1. The molecular formula is C21H26N4O3S. The lowest BCUT2D eigenvalue weighted by atomic mass is 10.1. The smallest absolute Gasteiger partial charge is 0.231 e. The van der Waals surface area contributed by atoms with E-state index in [9.17, 15) is 9.59 Å². The van der Waals surface area contributed by atoms with Crippen molar-refractivity contribution in [3.63, 3.8) is 0 Å². The second-order valence-corrected chi connectivity index (χ2v) is 8.39. The van der Waals surface area contributed by atoms with Gasteiger partial charge in [0, 0.05) is 37.4 Å². The Morgan fingerprint density at radius 2 is 2.17 bits per heavy atom. The fraction of sp³-hybridized carbons (Fsp3) is 0.476. The van der Waals surface area contributed by atoms with Gasteiger partial charge in [-0.15, -0.1) is 11.3 Å². The molecule has 1 unspecified atom stereocenters. The molecule has 0 saturated carbocycles. The number of benzene rings is 1. The van der Waals surface area contributed by atoms with Gasteiger partial charge in [0.25, 0.3) is 0 Å². The van der Waals surface area contributed by atoms with Gasteiger partial charge < -0.3 is 15.0 Å². The molecule has 0 aliphatic carbocycles. The predicted octanol–water partition coefficient (Wildman–Crippen LogP) is 2.91. The molecule has 0 bridgehead atoms. The molecule has 154 valence electrons. The molecule has 1 N–H and O–H groups in total. The molecule has 1 atom stereocenters. The van der Waals surface area contributed by atoms with Gasteiger partial charge >= 0.3 is 0 Å². The first-order valence-electron chi connectivity index (χ1n) is 10.1. The summed E-state index contributed by atoms with van der Waals surface area (Å²) < 4.78 is 5.65. The maximum atomic E-state index is 12.8. The molecule has 2 amide bonds. The normalized spacial score (nSPS) is 19.3. The van der Waals surface area contributed by atoms with Crippen LogP contribution in [0.15, 0.2) is 24.3 Å². The number of likely N-dealkylation sites (N-methyl/N-ethyl adjacent to an activating group) is 1. The van der Waals surface area contributed by atoms with Crippen LogP contribution >= 0.6 is 11.3 Å². The summed E-state index contributed by atoms with van der Waals surface area (Å²) in [6.45, 7) is 7.85. The molecule has 7 nitrogen and oxygen atoms in total. The number of ether oxygens (including phenoxy) is 1. The Kier molecular flexibility index (Phi) is 5.82. The monoisotopic (exact) mass is 414 g/mol. The molecule has 2 aliphatic heterocycles. The van der Waals surface area contributed by atoms with Gasteiger partial charge in [0.15, 0.2) is 5.13 Å². The highest BCUT2D eigenvalue weighted by atomic mass is 32.1. The number of amides is 2. The van der Waals surface area contributed by atoms with E-state index in [-0.39, 0.29) is 18.2 Å². The summed E-state index contributed by atoms with van der Waals surface area (Å²) in [6, 6.07) is 7.46. The van der Waals surface area contributed by atoms with E-state index in [1.165, 1.54) is 4.88 Å². The number of nitrogens with zero attached hydrogens (tertiary/aromatic N) is 3. The molecule has 3 heterocycles. The number of nitrogens with one attached hydrogen (secondary N) is 1. The van der Waals surface area contributed by atoms with Gasteiger partial charge in [-0.2, -0.15) is 0 Å². The highest BCUT2D eigenvalue weighted by Gasteiger charge is 2.36. The Labute approximate surface area is 174 Å². The van der Waals surface area contributed by atoms with Crippen molar-refractivity contribution in [3.05, 3.63) is 34.8 Å². The van der Waals surface area contributed by atoms with Crippen LogP contribution in [0.3, 0.4) is 0 Å². The predicted molar refractivity (Wildman–Crippen MR) is 113 cm³/mol. The Morgan fingerprint density at radius 3 is 2.97 bits per heavy atom. The summed E-state index contributed by atoms with van der Waals surface area (Å²) in [5, 5.41) is 3.58. The summed E-state index contributed by atoms with van der Waals surface area (Å²) in [7, 11) is 0. The zero-order chi connectivity index (χ0) is 20.4. The van der Waals surface area contributed by atoms with Crippen molar-refractivity contribution in [2.24, 2.45) is 5.92 Å². The Balaban J connectivity index is 1.43. The largest absolute Gasteiger partial charge is 0.492 e. The molecular weight excluding hydrogens is 388 g/mol. The molecule has 4 rings (SSSR count). The number of aromatic nitrogens is 1. The van der Waals surface area contributed by atoms with Crippen LogP contribution in [0.1, 0.15) is 30.8 Å². The van der Waals surface area contributed by atoms with Gasteiger partial charge in [0.05, 0.1) is 23.9 Å². The van der Waals surface area contributed by atoms with Gasteiger partial charge in [0.2, 0.25) is 11.8 Å². The van der Waals surface area contributed by atoms with Crippen molar-refractivity contribution in [1.29, 1.82) is 0 Å². The Bertz CT molecular complexity index is 913. The number of rotatable bonds is 6. The van der Waals surface area contributed by atoms with Crippen LogP contribution < -0.4 is 15.0 Å². The van der Waals surface area contributed by atoms with E-state index >= 15 is 0 Å². The topological polar surface area (TPSA) is 74.8 Å². The zero-order valence-electron chi connectivity index (χ0n) is 16.8. The van der Waals surface area contributed by atoms with Crippen molar-refractivity contribution in [1.82, 2.24) is 9.88 Å². The number of thiazole rings is 1. The number of carbonyl (C=O) groups is 2. The molecule has 8 heteroatoms. The van der Waals surface area contributed by atoms with Crippen LogP contribution in [-0.2, 0) is 22.6 Å². The molecule has 0 radical (unpaired) electrons. The van der Waals surface area contributed by atoms with Crippen LogP contribution in [0.5, 0.6) is 5.75 Å². The lowest BCUT2D eigenvalue weighted by Crippen LogP contribution is -2.29. The van der Waals surface area contributed by atoms with E-state index in [1.54, 1.807) is 16.2 Å². The minimum atomic E-state index is -0.398. The van der Waals surface area contributed by atoms with Gasteiger partial charge in [-0.05, 0) is 25.6 Å². The summed E-state index contributed by atoms with van der Waals surface area (Å²) >= 11 is 1.55. The van der Waals surface area contributed by atoms with E-state index in [0.717, 1.165) is 37.4 Å². The molecule has 1 fully saturated rings. The third-order valence-corrected chi connectivity index (χ3v) is 6.44. The second kappa shape index (κ2) is 8.51. The second-order valence-electron chi connectivity index (χ2n) is 7.30. The SMILES string of the molecule is CCOc1ccccc1N1CC(C(=O)Nc2nc3c(s2)CN(CC)CC3)CC1=O. The van der Waals surface area contributed by atoms with Crippen molar-refractivity contribution in [2.45, 2.75) is 33.2 Å². The molecule has 1 saturated heterocycles. The van der Waals surface area contributed by atoms with Crippen LogP contribution in [0.2, 0.25) is 0 Å². The van der Waals surface area contributed by atoms with Gasteiger partial charge in [-0.3, -0.25) is 14.5 Å². The number of anilines is 2. The Hall–Kier alpha value is -2.45. The average Bonchev–Trinajstić information content (AvgIpc) is 3.30. The zero-order valence-corrected chi connectivity index (χ0v) is 17.6. The first kappa shape index (κ1) is 19.8. The Morgan fingerprint density at radius 1 is 1.34 bits per heavy atom. The van der Waals surface area contributed by atoms with Crippen molar-refractivity contribution in [2.75, 3.05) is 36.5 Å². The van der Waals surface area contributed by atoms with E-state index < -0.39 is 5.92 Å². The lowest BCUT2D eigenvalue weighted by molar-refractivity contribution is -0.122. The summed E-state index contributed by atoms with van der Waals surface area (Å²) in [6.07, 6.45) is 1.11. The van der Waals surface area contributed by atoms with E-state index in [4.69, 9.17) is 4.74 Å². The molecule has 2 aliphatic rings. The molecule has 1 aromatic heterocycles. The van der Waals surface area contributed by atoms with E-state index in [2.05, 4.69) is 22.1 Å². The summed E-state index contributed by atoms with van der Waals surface area (Å²) in [4.78, 5) is 35.3. The third kappa shape index (κ3) is 4.13. The summed E-state index contributed by atoms with van der Waals surface area (Å²) in [5.74, 6) is 0.0604. The molecule has 1 aromatic carbocycles. The van der Waals surface area contributed by atoms with E-state index in [0.29, 0.717) is 24.0 Å². The van der Waals surface area contributed by atoms with Crippen LogP contribution in [0.25, 0.3) is 0 Å². The minimum absolute atomic E-state index is 0.0608. The lowest BCUT2D eigenvalue weighted by Gasteiger charge is -2.23. The quantitative estimate of drug-likeness (QED) is 0.787. The highest BCUT2D eigenvalue weighted by molar-refractivity contribution is 7.15. The average molecular weight is 415 g/mol. The number of hydrogen-bond acceptors (Lipinski definition) is 6. The fourth-order valence-electron chi connectivity index (χ4n) is 3.85. The number of fused-ring (bicyclic) bond motifs is 1. The van der Waals surface area contributed by atoms with Gasteiger partial charge in [0.1, 0.15) is 5.75 Å².